The number of hydrogen-bond donors (Lipinski definition) is 3. The molecule has 2 aromatic carbocycles. The molecule has 0 spiro atoms. The zero-order valence-corrected chi connectivity index (χ0v) is 19.3. The predicted molar refractivity (Wildman–Crippen MR) is 129 cm³/mol. The Bertz CT molecular complexity index is 1190. The lowest BCUT2D eigenvalue weighted by Gasteiger charge is -2.33. The molecule has 178 valence electrons. The Morgan fingerprint density at radius 1 is 1.12 bits per heavy atom. The van der Waals surface area contributed by atoms with Crippen molar-refractivity contribution in [2.24, 2.45) is 5.73 Å². The van der Waals surface area contributed by atoms with Crippen molar-refractivity contribution in [3.63, 3.8) is 0 Å². The van der Waals surface area contributed by atoms with Gasteiger partial charge in [0.25, 0.3) is 5.91 Å². The maximum absolute atomic E-state index is 12.5. The molecule has 0 saturated carbocycles. The summed E-state index contributed by atoms with van der Waals surface area (Å²) in [5.41, 5.74) is 11.2. The van der Waals surface area contributed by atoms with Crippen molar-refractivity contribution in [1.82, 2.24) is 15.4 Å². The maximum Gasteiger partial charge on any atom is 0.261 e. The van der Waals surface area contributed by atoms with Gasteiger partial charge in [0.05, 0.1) is 11.6 Å². The number of rotatable bonds is 8. The van der Waals surface area contributed by atoms with Crippen LogP contribution in [0.2, 0.25) is 0 Å². The first-order valence-electron chi connectivity index (χ1n) is 11.5. The first kappa shape index (κ1) is 23.7. The van der Waals surface area contributed by atoms with E-state index in [2.05, 4.69) is 4.98 Å². The van der Waals surface area contributed by atoms with Crippen molar-refractivity contribution in [2.45, 2.75) is 45.3 Å². The minimum Gasteiger partial charge on any atom is -0.489 e. The van der Waals surface area contributed by atoms with Crippen LogP contribution in [-0.2, 0) is 17.8 Å². The zero-order valence-electron chi connectivity index (χ0n) is 19.3. The number of para-hydroxylation sites is 1. The number of ether oxygens (including phenoxy) is 1. The summed E-state index contributed by atoms with van der Waals surface area (Å²) >= 11 is 0. The van der Waals surface area contributed by atoms with Crippen LogP contribution in [-0.4, -0.2) is 46.0 Å². The number of hydroxylamine groups is 1. The van der Waals surface area contributed by atoms with E-state index >= 15 is 0 Å². The molecule has 3 aromatic rings. The number of carbonyl (C=O) groups is 2. The molecule has 2 heterocycles. The molecule has 8 heteroatoms. The normalized spacial score (nSPS) is 15.1. The van der Waals surface area contributed by atoms with Crippen LogP contribution in [0, 0.1) is 6.92 Å². The molecule has 1 atom stereocenters. The van der Waals surface area contributed by atoms with Crippen LogP contribution >= 0.6 is 0 Å². The number of aromatic nitrogens is 1. The summed E-state index contributed by atoms with van der Waals surface area (Å²) in [7, 11) is 0. The molecule has 34 heavy (non-hydrogen) atoms. The van der Waals surface area contributed by atoms with E-state index in [1.807, 2.05) is 42.2 Å². The zero-order chi connectivity index (χ0) is 24.1. The van der Waals surface area contributed by atoms with Gasteiger partial charge in [-0.05, 0) is 75.2 Å². The number of nitrogens with two attached hydrogens (primary N) is 1. The molecule has 1 aromatic heterocycles. The van der Waals surface area contributed by atoms with Crippen LogP contribution in [0.1, 0.15) is 46.4 Å². The summed E-state index contributed by atoms with van der Waals surface area (Å²) in [4.78, 5) is 31.2. The molecule has 1 aliphatic heterocycles. The van der Waals surface area contributed by atoms with Gasteiger partial charge < -0.3 is 10.5 Å². The Balaban J connectivity index is 1.60. The van der Waals surface area contributed by atoms with E-state index in [4.69, 9.17) is 10.5 Å². The van der Waals surface area contributed by atoms with Gasteiger partial charge in [0, 0.05) is 22.2 Å². The highest BCUT2D eigenvalue weighted by Crippen LogP contribution is 2.25. The molecule has 4 rings (SSSR count). The summed E-state index contributed by atoms with van der Waals surface area (Å²) in [6.07, 6.45) is 3.32. The highest BCUT2D eigenvalue weighted by atomic mass is 16.5. The Morgan fingerprint density at radius 3 is 2.62 bits per heavy atom. The SMILES string of the molecule is Cc1cc(COc2ccc(C(N)=O)c(C[C@H](C(=O)NO)N3CCCCC3)c2)c2ccccc2n1. The van der Waals surface area contributed by atoms with Crippen LogP contribution in [0.4, 0.5) is 0 Å². The maximum atomic E-state index is 12.5. The molecule has 1 fully saturated rings. The van der Waals surface area contributed by atoms with E-state index in [0.29, 0.717) is 23.5 Å². The highest BCUT2D eigenvalue weighted by Gasteiger charge is 2.28. The lowest BCUT2D eigenvalue weighted by atomic mass is 9.96. The molecular weight excluding hydrogens is 432 g/mol. The van der Waals surface area contributed by atoms with Gasteiger partial charge in [0.15, 0.2) is 0 Å². The number of carbonyl (C=O) groups excluding carboxylic acids is 2. The van der Waals surface area contributed by atoms with Crippen molar-refractivity contribution < 1.29 is 19.5 Å². The van der Waals surface area contributed by atoms with E-state index in [9.17, 15) is 14.8 Å². The number of benzene rings is 2. The lowest BCUT2D eigenvalue weighted by molar-refractivity contribution is -0.135. The van der Waals surface area contributed by atoms with E-state index in [1.165, 1.54) is 0 Å². The van der Waals surface area contributed by atoms with Gasteiger partial charge in [-0.3, -0.25) is 24.7 Å². The Labute approximate surface area is 198 Å². The van der Waals surface area contributed by atoms with Crippen molar-refractivity contribution >= 4 is 22.7 Å². The van der Waals surface area contributed by atoms with Crippen molar-refractivity contribution in [2.75, 3.05) is 13.1 Å². The van der Waals surface area contributed by atoms with E-state index in [0.717, 1.165) is 54.5 Å². The molecule has 1 aliphatic rings. The number of likely N-dealkylation sites (tertiary alicyclic amines) is 1. The van der Waals surface area contributed by atoms with Crippen LogP contribution in [0.5, 0.6) is 5.75 Å². The van der Waals surface area contributed by atoms with Crippen molar-refractivity contribution in [3.05, 3.63) is 70.9 Å². The Kier molecular flexibility index (Phi) is 7.40. The number of primary amides is 1. The number of nitrogens with one attached hydrogen (secondary N) is 1. The smallest absolute Gasteiger partial charge is 0.261 e. The number of amides is 2. The third-order valence-electron chi connectivity index (χ3n) is 6.32. The lowest BCUT2D eigenvalue weighted by Crippen LogP contribution is -2.49. The van der Waals surface area contributed by atoms with Gasteiger partial charge in [-0.25, -0.2) is 5.48 Å². The number of fused-ring (bicyclic) bond motifs is 1. The van der Waals surface area contributed by atoms with Crippen LogP contribution in [0.25, 0.3) is 10.9 Å². The second-order valence-electron chi connectivity index (χ2n) is 8.70. The molecule has 0 unspecified atom stereocenters. The third kappa shape index (κ3) is 5.35. The van der Waals surface area contributed by atoms with Gasteiger partial charge in [0.1, 0.15) is 12.4 Å². The van der Waals surface area contributed by atoms with Crippen molar-refractivity contribution in [1.29, 1.82) is 0 Å². The average molecular weight is 463 g/mol. The predicted octanol–water partition coefficient (Wildman–Crippen LogP) is 3.12. The number of pyridine rings is 1. The summed E-state index contributed by atoms with van der Waals surface area (Å²) in [5.74, 6) is -0.498. The topological polar surface area (TPSA) is 118 Å². The summed E-state index contributed by atoms with van der Waals surface area (Å²) in [5, 5.41) is 10.3. The Morgan fingerprint density at radius 2 is 1.88 bits per heavy atom. The monoisotopic (exact) mass is 462 g/mol. The third-order valence-corrected chi connectivity index (χ3v) is 6.32. The standard InChI is InChI=1S/C26H30N4O4/c1-17-13-19(21-7-3-4-8-23(21)28-17)16-34-20-9-10-22(25(27)31)18(14-20)15-24(26(32)29-33)30-11-5-2-6-12-30/h3-4,7-10,13-14,24,33H,2,5-6,11-12,15-16H2,1H3,(H2,27,31)(H,29,32)/t24-/m1/s1. The first-order valence-corrected chi connectivity index (χ1v) is 11.5. The molecule has 1 saturated heterocycles. The largest absolute Gasteiger partial charge is 0.489 e. The highest BCUT2D eigenvalue weighted by molar-refractivity contribution is 5.95. The number of aryl methyl sites for hydroxylation is 1. The molecular formula is C26H30N4O4. The van der Waals surface area contributed by atoms with Crippen LogP contribution < -0.4 is 16.0 Å². The summed E-state index contributed by atoms with van der Waals surface area (Å²) in [6.45, 7) is 3.79. The van der Waals surface area contributed by atoms with Crippen LogP contribution in [0.3, 0.4) is 0 Å². The van der Waals surface area contributed by atoms with Gasteiger partial charge >= 0.3 is 0 Å². The second kappa shape index (κ2) is 10.6. The quantitative estimate of drug-likeness (QED) is 0.350. The van der Waals surface area contributed by atoms with E-state index in [-0.39, 0.29) is 6.42 Å². The minimum absolute atomic E-state index is 0.235. The van der Waals surface area contributed by atoms with Crippen molar-refractivity contribution in [3.8, 4) is 5.75 Å². The molecule has 4 N–H and O–H groups in total. The molecule has 8 nitrogen and oxygen atoms in total. The molecule has 0 radical (unpaired) electrons. The molecule has 0 aliphatic carbocycles. The fourth-order valence-corrected chi connectivity index (χ4v) is 4.64. The van der Waals surface area contributed by atoms with E-state index < -0.39 is 17.9 Å². The van der Waals surface area contributed by atoms with Gasteiger partial charge in [-0.15, -0.1) is 0 Å². The fourth-order valence-electron chi connectivity index (χ4n) is 4.64. The first-order chi connectivity index (χ1) is 16.5. The fraction of sp³-hybridized carbons (Fsp3) is 0.346. The summed E-state index contributed by atoms with van der Waals surface area (Å²) < 4.78 is 6.10. The number of hydrogen-bond acceptors (Lipinski definition) is 6. The minimum atomic E-state index is -0.606. The van der Waals surface area contributed by atoms with Crippen LogP contribution in [0.15, 0.2) is 48.5 Å². The summed E-state index contributed by atoms with van der Waals surface area (Å²) in [6, 6.07) is 14.4. The Hall–Kier alpha value is -3.49. The van der Waals surface area contributed by atoms with Gasteiger partial charge in [-0.2, -0.15) is 0 Å². The second-order valence-corrected chi connectivity index (χ2v) is 8.70. The number of nitrogens with zero attached hydrogens (tertiary/aromatic N) is 2. The van der Waals surface area contributed by atoms with E-state index in [1.54, 1.807) is 23.7 Å². The van der Waals surface area contributed by atoms with Gasteiger partial charge in [0.2, 0.25) is 5.91 Å². The van der Waals surface area contributed by atoms with Gasteiger partial charge in [-0.1, -0.05) is 24.6 Å². The molecule has 0 bridgehead atoms. The molecule has 2 amide bonds. The average Bonchev–Trinajstić information content (AvgIpc) is 2.85. The number of piperidine rings is 1.